The maximum atomic E-state index is 13.5. The number of carbonyl (C=O) groups is 1. The van der Waals surface area contributed by atoms with Gasteiger partial charge in [-0.2, -0.15) is 0 Å². The summed E-state index contributed by atoms with van der Waals surface area (Å²) < 4.78 is 26.3. The first-order chi connectivity index (χ1) is 8.04. The molecule has 0 saturated heterocycles. The van der Waals surface area contributed by atoms with Crippen LogP contribution in [0.15, 0.2) is 18.2 Å². The molecule has 2 N–H and O–H groups in total. The molecule has 94 valence electrons. The maximum Gasteiger partial charge on any atom is 0.305 e. The van der Waals surface area contributed by atoms with Gasteiger partial charge in [-0.3, -0.25) is 4.79 Å². The van der Waals surface area contributed by atoms with Crippen LogP contribution in [0.1, 0.15) is 31.4 Å². The quantitative estimate of drug-likeness (QED) is 0.807. The van der Waals surface area contributed by atoms with Crippen molar-refractivity contribution in [3.63, 3.8) is 0 Å². The summed E-state index contributed by atoms with van der Waals surface area (Å²) in [4.78, 5) is 10.7. The summed E-state index contributed by atoms with van der Waals surface area (Å²) in [6.45, 7) is 2.50. The molecule has 0 spiro atoms. The zero-order valence-corrected chi connectivity index (χ0v) is 9.54. The van der Waals surface area contributed by atoms with Gasteiger partial charge in [0.05, 0.1) is 6.42 Å². The van der Waals surface area contributed by atoms with Gasteiger partial charge in [-0.05, 0) is 19.0 Å². The average Bonchev–Trinajstić information content (AvgIpc) is 2.24. The minimum Gasteiger partial charge on any atom is -0.481 e. The van der Waals surface area contributed by atoms with Crippen molar-refractivity contribution in [3.05, 3.63) is 35.4 Å². The molecule has 0 bridgehead atoms. The van der Waals surface area contributed by atoms with E-state index in [1.165, 1.54) is 6.07 Å². The molecule has 1 unspecified atom stereocenters. The van der Waals surface area contributed by atoms with Crippen molar-refractivity contribution in [1.82, 2.24) is 5.32 Å². The fraction of sp³-hybridized carbons (Fsp3) is 0.417. The van der Waals surface area contributed by atoms with Crippen LogP contribution in [0.3, 0.4) is 0 Å². The molecule has 5 heteroatoms. The minimum atomic E-state index is -1.03. The Morgan fingerprint density at radius 3 is 2.71 bits per heavy atom. The molecular formula is C12H15F2NO2. The van der Waals surface area contributed by atoms with E-state index in [1.807, 2.05) is 6.92 Å². The number of carboxylic acid groups (broad SMARTS) is 1. The number of nitrogens with one attached hydrogen (secondary N) is 1. The molecule has 0 fully saturated rings. The molecule has 1 aromatic carbocycles. The van der Waals surface area contributed by atoms with Crippen LogP contribution in [0, 0.1) is 11.6 Å². The Morgan fingerprint density at radius 1 is 1.47 bits per heavy atom. The van der Waals surface area contributed by atoms with Crippen molar-refractivity contribution >= 4 is 5.97 Å². The third-order valence-corrected chi connectivity index (χ3v) is 2.36. The molecule has 0 aliphatic carbocycles. The first-order valence-electron chi connectivity index (χ1n) is 5.44. The van der Waals surface area contributed by atoms with Gasteiger partial charge < -0.3 is 10.4 Å². The standard InChI is InChI=1S/C12H15F2NO2/c1-2-5-15-11(7-12(16)17)9-4-3-8(13)6-10(9)14/h3-4,6,11,15H,2,5,7H2,1H3,(H,16,17). The molecule has 0 aromatic heterocycles. The summed E-state index contributed by atoms with van der Waals surface area (Å²) in [5.41, 5.74) is 0.183. The average molecular weight is 243 g/mol. The number of benzene rings is 1. The lowest BCUT2D eigenvalue weighted by Crippen LogP contribution is -2.25. The van der Waals surface area contributed by atoms with E-state index in [9.17, 15) is 13.6 Å². The Kier molecular flexibility index (Phi) is 5.03. The largest absolute Gasteiger partial charge is 0.481 e. The summed E-state index contributed by atoms with van der Waals surface area (Å²) in [5.74, 6) is -2.42. The highest BCUT2D eigenvalue weighted by Crippen LogP contribution is 2.21. The van der Waals surface area contributed by atoms with Gasteiger partial charge in [0.15, 0.2) is 0 Å². The lowest BCUT2D eigenvalue weighted by Gasteiger charge is -2.17. The van der Waals surface area contributed by atoms with Crippen LogP contribution < -0.4 is 5.32 Å². The monoisotopic (exact) mass is 243 g/mol. The zero-order valence-electron chi connectivity index (χ0n) is 9.54. The first kappa shape index (κ1) is 13.6. The summed E-state index contributed by atoms with van der Waals surface area (Å²) in [6, 6.07) is 2.53. The van der Waals surface area contributed by atoms with Gasteiger partial charge in [-0.1, -0.05) is 13.0 Å². The molecule has 1 aromatic rings. The Bertz CT molecular complexity index is 396. The van der Waals surface area contributed by atoms with Crippen molar-refractivity contribution < 1.29 is 18.7 Å². The lowest BCUT2D eigenvalue weighted by atomic mass is 10.0. The second-order valence-electron chi connectivity index (χ2n) is 3.77. The van der Waals surface area contributed by atoms with Gasteiger partial charge >= 0.3 is 5.97 Å². The predicted molar refractivity (Wildman–Crippen MR) is 59.6 cm³/mol. The van der Waals surface area contributed by atoms with Crippen molar-refractivity contribution in [2.45, 2.75) is 25.8 Å². The summed E-state index contributed by atoms with van der Waals surface area (Å²) in [6.07, 6.45) is 0.571. The molecule has 0 amide bonds. The number of hydrogen-bond acceptors (Lipinski definition) is 2. The van der Waals surface area contributed by atoms with Crippen molar-refractivity contribution in [2.24, 2.45) is 0 Å². The number of rotatable bonds is 6. The molecule has 0 aliphatic heterocycles. The topological polar surface area (TPSA) is 49.3 Å². The molecule has 1 rings (SSSR count). The van der Waals surface area contributed by atoms with E-state index in [0.29, 0.717) is 6.54 Å². The van der Waals surface area contributed by atoms with E-state index in [4.69, 9.17) is 5.11 Å². The van der Waals surface area contributed by atoms with Crippen LogP contribution in [0.4, 0.5) is 8.78 Å². The van der Waals surface area contributed by atoms with Crippen LogP contribution in [0.5, 0.6) is 0 Å². The second kappa shape index (κ2) is 6.30. The predicted octanol–water partition coefficient (Wildman–Crippen LogP) is 2.48. The van der Waals surface area contributed by atoms with Crippen LogP contribution in [0.25, 0.3) is 0 Å². The van der Waals surface area contributed by atoms with Gasteiger partial charge in [0.1, 0.15) is 11.6 Å². The van der Waals surface area contributed by atoms with Crippen LogP contribution in [0.2, 0.25) is 0 Å². The molecule has 3 nitrogen and oxygen atoms in total. The summed E-state index contributed by atoms with van der Waals surface area (Å²) in [5, 5.41) is 11.7. The number of carboxylic acids is 1. The molecule has 1 atom stereocenters. The maximum absolute atomic E-state index is 13.5. The normalized spacial score (nSPS) is 12.4. The highest BCUT2D eigenvalue weighted by Gasteiger charge is 2.18. The minimum absolute atomic E-state index is 0.183. The molecule has 0 aliphatic rings. The fourth-order valence-electron chi connectivity index (χ4n) is 1.57. The third-order valence-electron chi connectivity index (χ3n) is 2.36. The van der Waals surface area contributed by atoms with E-state index in [0.717, 1.165) is 18.6 Å². The van der Waals surface area contributed by atoms with E-state index in [1.54, 1.807) is 0 Å². The van der Waals surface area contributed by atoms with Crippen molar-refractivity contribution in [1.29, 1.82) is 0 Å². The van der Waals surface area contributed by atoms with Crippen molar-refractivity contribution in [3.8, 4) is 0 Å². The molecular weight excluding hydrogens is 228 g/mol. The fourth-order valence-corrected chi connectivity index (χ4v) is 1.57. The van der Waals surface area contributed by atoms with E-state index >= 15 is 0 Å². The Morgan fingerprint density at radius 2 is 2.18 bits per heavy atom. The second-order valence-corrected chi connectivity index (χ2v) is 3.77. The lowest BCUT2D eigenvalue weighted by molar-refractivity contribution is -0.137. The smallest absolute Gasteiger partial charge is 0.305 e. The summed E-state index contributed by atoms with van der Waals surface area (Å²) >= 11 is 0. The van der Waals surface area contributed by atoms with Gasteiger partial charge in [-0.25, -0.2) is 8.78 Å². The summed E-state index contributed by atoms with van der Waals surface area (Å²) in [7, 11) is 0. The SMILES string of the molecule is CCCNC(CC(=O)O)c1ccc(F)cc1F. The van der Waals surface area contributed by atoms with Crippen LogP contribution in [-0.4, -0.2) is 17.6 Å². The molecule has 17 heavy (non-hydrogen) atoms. The van der Waals surface area contributed by atoms with Crippen LogP contribution in [-0.2, 0) is 4.79 Å². The van der Waals surface area contributed by atoms with Gasteiger partial charge in [0, 0.05) is 17.7 Å². The van der Waals surface area contributed by atoms with E-state index in [2.05, 4.69) is 5.32 Å². The van der Waals surface area contributed by atoms with Crippen LogP contribution >= 0.6 is 0 Å². The number of hydrogen-bond donors (Lipinski definition) is 2. The van der Waals surface area contributed by atoms with Crippen molar-refractivity contribution in [2.75, 3.05) is 6.54 Å². The highest BCUT2D eigenvalue weighted by atomic mass is 19.1. The highest BCUT2D eigenvalue weighted by molar-refractivity contribution is 5.68. The van der Waals surface area contributed by atoms with Gasteiger partial charge in [-0.15, -0.1) is 0 Å². The molecule has 0 radical (unpaired) electrons. The molecule has 0 saturated carbocycles. The number of aliphatic carboxylic acids is 1. The Hall–Kier alpha value is -1.49. The zero-order chi connectivity index (χ0) is 12.8. The van der Waals surface area contributed by atoms with Gasteiger partial charge in [0.2, 0.25) is 0 Å². The number of halogens is 2. The van der Waals surface area contributed by atoms with E-state index < -0.39 is 23.6 Å². The Labute approximate surface area is 98.5 Å². The molecule has 0 heterocycles. The van der Waals surface area contributed by atoms with Gasteiger partial charge in [0.25, 0.3) is 0 Å². The Balaban J connectivity index is 2.90. The third kappa shape index (κ3) is 4.11. The first-order valence-corrected chi connectivity index (χ1v) is 5.44. The van der Waals surface area contributed by atoms with E-state index in [-0.39, 0.29) is 12.0 Å².